The molecule has 40 heavy (non-hydrogen) atoms. The lowest BCUT2D eigenvalue weighted by Gasteiger charge is -2.32. The van der Waals surface area contributed by atoms with Crippen LogP contribution < -0.4 is 4.90 Å². The van der Waals surface area contributed by atoms with Gasteiger partial charge in [-0.05, 0) is 33.9 Å². The van der Waals surface area contributed by atoms with Gasteiger partial charge in [0, 0.05) is 28.1 Å². The molecule has 2 unspecified atom stereocenters. The summed E-state index contributed by atoms with van der Waals surface area (Å²) in [7, 11) is 0. The number of hydrogen-bond acceptors (Lipinski definition) is 4. The largest absolute Gasteiger partial charge is 0.302 e. The van der Waals surface area contributed by atoms with E-state index in [1.165, 1.54) is 27.8 Å². The van der Waals surface area contributed by atoms with Crippen LogP contribution in [0.1, 0.15) is 36.5 Å². The van der Waals surface area contributed by atoms with Gasteiger partial charge in [0.2, 0.25) is 5.95 Å². The van der Waals surface area contributed by atoms with Crippen molar-refractivity contribution in [2.24, 2.45) is 0 Å². The molecule has 2 heterocycles. The molecule has 0 saturated heterocycles. The third-order valence-corrected chi connectivity index (χ3v) is 8.66. The number of hydrogen-bond donors (Lipinski definition) is 0. The van der Waals surface area contributed by atoms with E-state index in [2.05, 4.69) is 104 Å². The lowest BCUT2D eigenvalue weighted by Crippen LogP contribution is -2.33. The van der Waals surface area contributed by atoms with Crippen molar-refractivity contribution in [1.82, 2.24) is 15.0 Å². The van der Waals surface area contributed by atoms with E-state index in [4.69, 9.17) is 15.0 Å². The molecular formula is C36H28N4. The maximum absolute atomic E-state index is 5.12. The first-order valence-electron chi connectivity index (χ1n) is 13.9. The van der Waals surface area contributed by atoms with E-state index >= 15 is 0 Å². The summed E-state index contributed by atoms with van der Waals surface area (Å²) in [6.45, 7) is 4.68. The van der Waals surface area contributed by atoms with Gasteiger partial charge in [-0.1, -0.05) is 129 Å². The number of para-hydroxylation sites is 1. The third-order valence-electron chi connectivity index (χ3n) is 8.66. The fraction of sp³-hybridized carbons (Fsp3) is 0.139. The molecule has 4 heteroatoms. The van der Waals surface area contributed by atoms with Crippen LogP contribution in [0.3, 0.4) is 0 Å². The smallest absolute Gasteiger partial charge is 0.234 e. The summed E-state index contributed by atoms with van der Waals surface area (Å²) in [4.78, 5) is 17.5. The Bertz CT molecular complexity index is 1780. The average Bonchev–Trinajstić information content (AvgIpc) is 3.45. The number of anilines is 2. The van der Waals surface area contributed by atoms with Gasteiger partial charge in [0.1, 0.15) is 0 Å². The second kappa shape index (κ2) is 8.59. The first kappa shape index (κ1) is 23.1. The zero-order valence-electron chi connectivity index (χ0n) is 22.5. The number of nitrogens with zero attached hydrogens (tertiary/aromatic N) is 4. The first-order valence-corrected chi connectivity index (χ1v) is 13.9. The van der Waals surface area contributed by atoms with Crippen molar-refractivity contribution in [3.8, 4) is 22.8 Å². The van der Waals surface area contributed by atoms with Gasteiger partial charge in [0.25, 0.3) is 0 Å². The summed E-state index contributed by atoms with van der Waals surface area (Å²) in [6, 6.07) is 38.0. The van der Waals surface area contributed by atoms with E-state index in [-0.39, 0.29) is 17.4 Å². The van der Waals surface area contributed by atoms with E-state index in [1.807, 2.05) is 36.4 Å². The van der Waals surface area contributed by atoms with Crippen molar-refractivity contribution < 1.29 is 0 Å². The minimum atomic E-state index is -0.0721. The molecule has 0 N–H and O–H groups in total. The van der Waals surface area contributed by atoms with Crippen LogP contribution in [0, 0.1) is 0 Å². The van der Waals surface area contributed by atoms with E-state index in [0.717, 1.165) is 16.8 Å². The van der Waals surface area contributed by atoms with Crippen LogP contribution in [0.5, 0.6) is 0 Å². The van der Waals surface area contributed by atoms with Crippen LogP contribution in [0.2, 0.25) is 0 Å². The second-order valence-electron chi connectivity index (χ2n) is 11.3. The fourth-order valence-electron chi connectivity index (χ4n) is 6.72. The molecule has 4 aromatic carbocycles. The Morgan fingerprint density at radius 1 is 0.625 bits per heavy atom. The van der Waals surface area contributed by atoms with Gasteiger partial charge in [-0.3, -0.25) is 0 Å². The van der Waals surface area contributed by atoms with E-state index < -0.39 is 0 Å². The number of rotatable bonds is 3. The molecule has 3 aliphatic rings. The maximum atomic E-state index is 5.12. The number of benzene rings is 4. The summed E-state index contributed by atoms with van der Waals surface area (Å²) in [5, 5.41) is 0. The van der Waals surface area contributed by atoms with Gasteiger partial charge in [0.05, 0.1) is 6.04 Å². The standard InChI is InChI=1S/C36H28N4/c1-36(2)29-19-11-9-17-25(29)27-21-28-26-18-10-12-20-31(26)40(32(28)22-30(27)36)35-38-33(23-13-5-3-6-14-23)37-34(39-35)24-15-7-4-8-16-24/h3-22,28,32H,1-2H3. The second-order valence-corrected chi connectivity index (χ2v) is 11.3. The Morgan fingerprint density at radius 2 is 1.23 bits per heavy atom. The molecule has 0 radical (unpaired) electrons. The number of allylic oxidation sites excluding steroid dienone is 2. The monoisotopic (exact) mass is 516 g/mol. The van der Waals surface area contributed by atoms with Gasteiger partial charge in [-0.15, -0.1) is 0 Å². The molecule has 8 rings (SSSR count). The van der Waals surface area contributed by atoms with Crippen LogP contribution in [0.25, 0.3) is 28.3 Å². The molecule has 5 aromatic rings. The molecule has 192 valence electrons. The minimum Gasteiger partial charge on any atom is -0.302 e. The predicted octanol–water partition coefficient (Wildman–Crippen LogP) is 8.12. The summed E-state index contributed by atoms with van der Waals surface area (Å²) < 4.78 is 0. The van der Waals surface area contributed by atoms with Gasteiger partial charge < -0.3 is 4.90 Å². The van der Waals surface area contributed by atoms with Gasteiger partial charge >= 0.3 is 0 Å². The number of aromatic nitrogens is 3. The van der Waals surface area contributed by atoms with E-state index in [9.17, 15) is 0 Å². The topological polar surface area (TPSA) is 41.9 Å². The van der Waals surface area contributed by atoms with Gasteiger partial charge in [0.15, 0.2) is 11.6 Å². The minimum absolute atomic E-state index is 0.0689. The zero-order chi connectivity index (χ0) is 26.8. The molecule has 0 spiro atoms. The Hall–Kier alpha value is -4.83. The van der Waals surface area contributed by atoms with Crippen LogP contribution in [-0.4, -0.2) is 21.0 Å². The highest BCUT2D eigenvalue weighted by Gasteiger charge is 2.46. The molecule has 2 aliphatic carbocycles. The maximum Gasteiger partial charge on any atom is 0.234 e. The third kappa shape index (κ3) is 3.35. The average molecular weight is 517 g/mol. The highest BCUT2D eigenvalue weighted by molar-refractivity contribution is 5.93. The lowest BCUT2D eigenvalue weighted by atomic mass is 9.77. The van der Waals surface area contributed by atoms with E-state index in [1.54, 1.807) is 0 Å². The van der Waals surface area contributed by atoms with Crippen molar-refractivity contribution >= 4 is 17.2 Å². The molecule has 0 saturated carbocycles. The Labute approximate surface area is 234 Å². The summed E-state index contributed by atoms with van der Waals surface area (Å²) in [5.41, 5.74) is 9.83. The van der Waals surface area contributed by atoms with Gasteiger partial charge in [-0.25, -0.2) is 4.98 Å². The van der Waals surface area contributed by atoms with Crippen LogP contribution >= 0.6 is 0 Å². The molecule has 4 nitrogen and oxygen atoms in total. The van der Waals surface area contributed by atoms with Crippen molar-refractivity contribution in [3.63, 3.8) is 0 Å². The summed E-state index contributed by atoms with van der Waals surface area (Å²) in [6.07, 6.45) is 4.97. The molecule has 2 atom stereocenters. The lowest BCUT2D eigenvalue weighted by molar-refractivity contribution is 0.637. The highest BCUT2D eigenvalue weighted by atomic mass is 15.3. The molecule has 0 fully saturated rings. The Kier molecular flexibility index (Phi) is 4.96. The van der Waals surface area contributed by atoms with Crippen LogP contribution in [-0.2, 0) is 5.41 Å². The Balaban J connectivity index is 1.34. The predicted molar refractivity (Wildman–Crippen MR) is 161 cm³/mol. The van der Waals surface area contributed by atoms with Gasteiger partial charge in [-0.2, -0.15) is 9.97 Å². The van der Waals surface area contributed by atoms with Crippen LogP contribution in [0.4, 0.5) is 11.6 Å². The molecular weight excluding hydrogens is 488 g/mol. The quantitative estimate of drug-likeness (QED) is 0.243. The highest BCUT2D eigenvalue weighted by Crippen LogP contribution is 2.57. The van der Waals surface area contributed by atoms with Crippen molar-refractivity contribution in [2.75, 3.05) is 4.90 Å². The van der Waals surface area contributed by atoms with E-state index in [0.29, 0.717) is 17.6 Å². The fourth-order valence-corrected chi connectivity index (χ4v) is 6.72. The molecule has 0 bridgehead atoms. The number of fused-ring (bicyclic) bond motifs is 6. The normalized spacial score (nSPS) is 19.7. The summed E-state index contributed by atoms with van der Waals surface area (Å²) >= 11 is 0. The molecule has 1 aliphatic heterocycles. The van der Waals surface area contributed by atoms with Crippen molar-refractivity contribution in [3.05, 3.63) is 144 Å². The SMILES string of the molecule is CC1(C)C2=CC3C(C=C2c2ccccc21)c1ccccc1N3c1nc(-c2ccccc2)nc(-c2ccccc2)n1. The van der Waals surface area contributed by atoms with Crippen molar-refractivity contribution in [2.45, 2.75) is 31.2 Å². The molecule has 0 amide bonds. The zero-order valence-corrected chi connectivity index (χ0v) is 22.5. The van der Waals surface area contributed by atoms with Crippen molar-refractivity contribution in [1.29, 1.82) is 0 Å². The summed E-state index contributed by atoms with van der Waals surface area (Å²) in [5.74, 6) is 2.24. The Morgan fingerprint density at radius 3 is 1.93 bits per heavy atom. The van der Waals surface area contributed by atoms with Crippen LogP contribution in [0.15, 0.2) is 127 Å². The first-order chi connectivity index (χ1) is 19.6. The molecule has 1 aromatic heterocycles.